The van der Waals surface area contributed by atoms with E-state index in [0.717, 1.165) is 10.8 Å². The number of carboxylic acid groups (broad SMARTS) is 1. The summed E-state index contributed by atoms with van der Waals surface area (Å²) in [5.74, 6) is -0.0174. The number of sulfone groups is 1. The standard InChI is InChI=1S/C31H25N3O6S/c1-39-21-9-11-23(12-10-21)41(37,38)24-13-14-28(27(17-24)25-3-2-4-26(29(25)32)31(35)36)40-22-8-7-18-15-20(30(33)34)6-5-19(18)16-22/h2-17H,32H2,1H3,(H3,33,34)(H,35,36). The average molecular weight is 568 g/mol. The van der Waals surface area contributed by atoms with Gasteiger partial charge in [-0.15, -0.1) is 0 Å². The van der Waals surface area contributed by atoms with Crippen LogP contribution in [-0.4, -0.2) is 32.4 Å². The van der Waals surface area contributed by atoms with E-state index in [9.17, 15) is 18.3 Å². The van der Waals surface area contributed by atoms with E-state index >= 15 is 0 Å². The molecule has 206 valence electrons. The van der Waals surface area contributed by atoms with E-state index < -0.39 is 15.8 Å². The van der Waals surface area contributed by atoms with Gasteiger partial charge in [0.25, 0.3) is 0 Å². The number of hydrogen-bond donors (Lipinski definition) is 4. The second-order valence-corrected chi connectivity index (χ2v) is 11.1. The number of anilines is 1. The van der Waals surface area contributed by atoms with E-state index in [0.29, 0.717) is 28.2 Å². The van der Waals surface area contributed by atoms with Crippen LogP contribution in [0.15, 0.2) is 107 Å². The summed E-state index contributed by atoms with van der Waals surface area (Å²) in [5.41, 5.74) is 12.9. The second-order valence-electron chi connectivity index (χ2n) is 9.15. The lowest BCUT2D eigenvalue weighted by atomic mass is 9.99. The van der Waals surface area contributed by atoms with Gasteiger partial charge < -0.3 is 26.0 Å². The minimum atomic E-state index is -3.96. The predicted octanol–water partition coefficient (Wildman–Crippen LogP) is 5.70. The van der Waals surface area contributed by atoms with Crippen molar-refractivity contribution in [3.05, 3.63) is 108 Å². The molecular formula is C31H25N3O6S. The molecule has 0 aliphatic heterocycles. The second kappa shape index (κ2) is 10.7. The molecule has 10 heteroatoms. The molecule has 5 rings (SSSR count). The number of methoxy groups -OCH3 is 1. The Morgan fingerprint density at radius 2 is 1.46 bits per heavy atom. The van der Waals surface area contributed by atoms with Crippen LogP contribution >= 0.6 is 0 Å². The van der Waals surface area contributed by atoms with Crippen LogP contribution in [0, 0.1) is 5.41 Å². The van der Waals surface area contributed by atoms with Crippen molar-refractivity contribution in [1.29, 1.82) is 5.41 Å². The zero-order valence-electron chi connectivity index (χ0n) is 21.8. The largest absolute Gasteiger partial charge is 0.497 e. The number of carboxylic acids is 1. The molecule has 0 amide bonds. The average Bonchev–Trinajstić information content (AvgIpc) is 2.97. The number of para-hydroxylation sites is 1. The molecule has 5 aromatic carbocycles. The van der Waals surface area contributed by atoms with E-state index in [1.807, 2.05) is 12.1 Å². The van der Waals surface area contributed by atoms with Crippen molar-refractivity contribution in [3.63, 3.8) is 0 Å². The van der Waals surface area contributed by atoms with Gasteiger partial charge in [-0.25, -0.2) is 13.2 Å². The van der Waals surface area contributed by atoms with Crippen LogP contribution in [0.1, 0.15) is 15.9 Å². The van der Waals surface area contributed by atoms with E-state index in [1.165, 1.54) is 49.6 Å². The highest BCUT2D eigenvalue weighted by molar-refractivity contribution is 7.91. The first kappa shape index (κ1) is 27.2. The summed E-state index contributed by atoms with van der Waals surface area (Å²) in [6.07, 6.45) is 0. The minimum Gasteiger partial charge on any atom is -0.497 e. The van der Waals surface area contributed by atoms with Gasteiger partial charge in [-0.1, -0.05) is 30.3 Å². The zero-order chi connectivity index (χ0) is 29.3. The third kappa shape index (κ3) is 5.28. The number of rotatable bonds is 8. The third-order valence-electron chi connectivity index (χ3n) is 6.61. The van der Waals surface area contributed by atoms with Gasteiger partial charge in [0.2, 0.25) is 9.84 Å². The summed E-state index contributed by atoms with van der Waals surface area (Å²) in [7, 11) is -2.47. The van der Waals surface area contributed by atoms with E-state index in [1.54, 1.807) is 42.5 Å². The van der Waals surface area contributed by atoms with Crippen molar-refractivity contribution >= 4 is 38.1 Å². The molecule has 0 aromatic heterocycles. The van der Waals surface area contributed by atoms with Gasteiger partial charge in [-0.05, 0) is 77.5 Å². The maximum atomic E-state index is 13.5. The van der Waals surface area contributed by atoms with E-state index in [-0.39, 0.29) is 32.6 Å². The summed E-state index contributed by atoms with van der Waals surface area (Å²) in [6.45, 7) is 0. The normalized spacial score (nSPS) is 11.2. The Bertz CT molecular complexity index is 1940. The smallest absolute Gasteiger partial charge is 0.337 e. The van der Waals surface area contributed by atoms with Crippen LogP contribution < -0.4 is 20.9 Å². The summed E-state index contributed by atoms with van der Waals surface area (Å²) in [5, 5.41) is 19.0. The predicted molar refractivity (Wildman–Crippen MR) is 157 cm³/mol. The number of aromatic carboxylic acids is 1. The maximum absolute atomic E-state index is 13.5. The number of nitrogens with two attached hydrogens (primary N) is 2. The molecule has 0 fully saturated rings. The van der Waals surface area contributed by atoms with E-state index in [2.05, 4.69) is 0 Å². The number of amidine groups is 1. The van der Waals surface area contributed by atoms with Gasteiger partial charge in [0.15, 0.2) is 0 Å². The van der Waals surface area contributed by atoms with Crippen LogP contribution in [0.2, 0.25) is 0 Å². The Kier molecular flexibility index (Phi) is 7.08. The highest BCUT2D eigenvalue weighted by Crippen LogP contribution is 2.40. The molecule has 41 heavy (non-hydrogen) atoms. The molecule has 0 spiro atoms. The number of benzene rings is 5. The van der Waals surface area contributed by atoms with Gasteiger partial charge in [-0.2, -0.15) is 0 Å². The first-order valence-corrected chi connectivity index (χ1v) is 13.8. The highest BCUT2D eigenvalue weighted by atomic mass is 32.2. The lowest BCUT2D eigenvalue weighted by molar-refractivity contribution is 0.0698. The number of ether oxygens (including phenoxy) is 2. The number of fused-ring (bicyclic) bond motifs is 1. The van der Waals surface area contributed by atoms with Crippen LogP contribution in [0.5, 0.6) is 17.2 Å². The van der Waals surface area contributed by atoms with Crippen LogP contribution in [-0.2, 0) is 9.84 Å². The van der Waals surface area contributed by atoms with Crippen LogP contribution in [0.3, 0.4) is 0 Å². The van der Waals surface area contributed by atoms with Crippen molar-refractivity contribution in [1.82, 2.24) is 0 Å². The quantitative estimate of drug-likeness (QED) is 0.105. The fourth-order valence-corrected chi connectivity index (χ4v) is 5.72. The van der Waals surface area contributed by atoms with Crippen molar-refractivity contribution in [3.8, 4) is 28.4 Å². The Labute approximate surface area is 236 Å². The molecule has 6 N–H and O–H groups in total. The Balaban J connectivity index is 1.63. The molecule has 5 aromatic rings. The summed E-state index contributed by atoms with van der Waals surface area (Å²) in [4.78, 5) is 11.8. The number of nitrogen functional groups attached to an aromatic ring is 2. The number of carbonyl (C=O) groups is 1. The number of nitrogens with one attached hydrogen (secondary N) is 1. The van der Waals surface area contributed by atoms with Gasteiger partial charge in [0.1, 0.15) is 23.1 Å². The summed E-state index contributed by atoms with van der Waals surface area (Å²) in [6, 6.07) is 25.6. The third-order valence-corrected chi connectivity index (χ3v) is 8.38. The molecule has 0 aliphatic carbocycles. The first-order chi connectivity index (χ1) is 19.6. The minimum absolute atomic E-state index is 0.0274. The van der Waals surface area contributed by atoms with Crippen molar-refractivity contribution in [2.45, 2.75) is 9.79 Å². The Morgan fingerprint density at radius 3 is 2.15 bits per heavy atom. The van der Waals surface area contributed by atoms with Crippen molar-refractivity contribution in [2.24, 2.45) is 5.73 Å². The van der Waals surface area contributed by atoms with Gasteiger partial charge in [0, 0.05) is 16.7 Å². The molecule has 0 bridgehead atoms. The summed E-state index contributed by atoms with van der Waals surface area (Å²) >= 11 is 0. The topological polar surface area (TPSA) is 166 Å². The molecule has 0 unspecified atom stereocenters. The Hall–Kier alpha value is -5.35. The monoisotopic (exact) mass is 567 g/mol. The maximum Gasteiger partial charge on any atom is 0.337 e. The molecule has 0 atom stereocenters. The SMILES string of the molecule is COc1ccc(S(=O)(=O)c2ccc(Oc3ccc4cc(C(=N)N)ccc4c3)c(-c3cccc(C(=O)O)c3N)c2)cc1. The van der Waals surface area contributed by atoms with E-state index in [4.69, 9.17) is 26.4 Å². The lowest BCUT2D eigenvalue weighted by Crippen LogP contribution is -2.10. The van der Waals surface area contributed by atoms with Gasteiger partial charge in [-0.3, -0.25) is 5.41 Å². The first-order valence-electron chi connectivity index (χ1n) is 12.3. The number of hydrogen-bond acceptors (Lipinski definition) is 7. The van der Waals surface area contributed by atoms with Crippen LogP contribution in [0.4, 0.5) is 5.69 Å². The highest BCUT2D eigenvalue weighted by Gasteiger charge is 2.23. The van der Waals surface area contributed by atoms with Gasteiger partial charge >= 0.3 is 5.97 Å². The van der Waals surface area contributed by atoms with Crippen molar-refractivity contribution < 1.29 is 27.8 Å². The zero-order valence-corrected chi connectivity index (χ0v) is 22.6. The molecule has 0 heterocycles. The lowest BCUT2D eigenvalue weighted by Gasteiger charge is -2.16. The molecule has 0 aliphatic rings. The Morgan fingerprint density at radius 1 is 0.805 bits per heavy atom. The fraction of sp³-hybridized carbons (Fsp3) is 0.0323. The molecule has 0 saturated heterocycles. The van der Waals surface area contributed by atoms with Gasteiger partial charge in [0.05, 0.1) is 28.2 Å². The van der Waals surface area contributed by atoms with Crippen molar-refractivity contribution in [2.75, 3.05) is 12.8 Å². The van der Waals surface area contributed by atoms with Crippen LogP contribution in [0.25, 0.3) is 21.9 Å². The fourth-order valence-electron chi connectivity index (χ4n) is 4.44. The summed E-state index contributed by atoms with van der Waals surface area (Å²) < 4.78 is 38.4. The molecule has 0 radical (unpaired) electrons. The molecule has 0 saturated carbocycles. The molecule has 9 nitrogen and oxygen atoms in total. The molecular weight excluding hydrogens is 542 g/mol.